The molecule has 0 fully saturated rings. The van der Waals surface area contributed by atoms with Gasteiger partial charge in [-0.2, -0.15) is 13.2 Å². The zero-order valence-corrected chi connectivity index (χ0v) is 11.3. The Morgan fingerprint density at radius 2 is 2.09 bits per heavy atom. The van der Waals surface area contributed by atoms with Crippen LogP contribution < -0.4 is 5.32 Å². The normalized spacial score (nSPS) is 13.1. The average molecular weight is 316 g/mol. The fourth-order valence-electron chi connectivity index (χ4n) is 1.85. The Kier molecular flexibility index (Phi) is 4.02. The zero-order chi connectivity index (χ0) is 16.5. The van der Waals surface area contributed by atoms with Crippen molar-refractivity contribution >= 4 is 22.9 Å². The van der Waals surface area contributed by atoms with Gasteiger partial charge < -0.3 is 10.4 Å². The summed E-state index contributed by atoms with van der Waals surface area (Å²) in [7, 11) is 1.64. The van der Waals surface area contributed by atoms with Gasteiger partial charge in [-0.1, -0.05) is 5.21 Å². The molecule has 0 aliphatic rings. The van der Waals surface area contributed by atoms with Gasteiger partial charge in [0.05, 0.1) is 11.9 Å². The summed E-state index contributed by atoms with van der Waals surface area (Å²) >= 11 is 0. The third kappa shape index (κ3) is 3.51. The largest absolute Gasteiger partial charge is 0.480 e. The zero-order valence-electron chi connectivity index (χ0n) is 11.3. The van der Waals surface area contributed by atoms with Gasteiger partial charge in [-0.05, 0) is 18.2 Å². The van der Waals surface area contributed by atoms with E-state index in [4.69, 9.17) is 5.11 Å². The molecule has 1 heterocycles. The van der Waals surface area contributed by atoms with E-state index in [2.05, 4.69) is 10.3 Å². The number of amides is 1. The van der Waals surface area contributed by atoms with E-state index in [1.165, 1.54) is 22.9 Å². The molecule has 0 saturated heterocycles. The lowest BCUT2D eigenvalue weighted by atomic mass is 10.1. The Balaban J connectivity index is 2.19. The van der Waals surface area contributed by atoms with Crippen molar-refractivity contribution in [3.8, 4) is 0 Å². The Morgan fingerprint density at radius 3 is 2.68 bits per heavy atom. The molecule has 7 nitrogen and oxygen atoms in total. The molecule has 0 saturated carbocycles. The molecule has 0 bridgehead atoms. The maximum absolute atomic E-state index is 12.3. The van der Waals surface area contributed by atoms with Gasteiger partial charge in [0, 0.05) is 12.6 Å². The number of carbonyl (C=O) groups is 2. The minimum Gasteiger partial charge on any atom is -0.480 e. The molecule has 1 amide bonds. The first-order chi connectivity index (χ1) is 10.2. The lowest BCUT2D eigenvalue weighted by molar-refractivity contribution is -0.157. The Hall–Kier alpha value is -2.65. The minimum atomic E-state index is -4.70. The monoisotopic (exact) mass is 316 g/mol. The minimum absolute atomic E-state index is 0.00132. The Labute approximate surface area is 121 Å². The van der Waals surface area contributed by atoms with Crippen molar-refractivity contribution in [2.24, 2.45) is 7.05 Å². The van der Waals surface area contributed by atoms with E-state index in [1.807, 2.05) is 5.32 Å². The molecule has 1 atom stereocenters. The van der Waals surface area contributed by atoms with Crippen LogP contribution >= 0.6 is 0 Å². The molecule has 2 rings (SSSR count). The molecule has 1 aromatic heterocycles. The van der Waals surface area contributed by atoms with Crippen LogP contribution in [0.15, 0.2) is 18.2 Å². The van der Waals surface area contributed by atoms with Crippen LogP contribution in [0.1, 0.15) is 16.8 Å². The van der Waals surface area contributed by atoms with Crippen LogP contribution in [0.5, 0.6) is 0 Å². The number of nitrogens with one attached hydrogen (secondary N) is 1. The molecular formula is C12H11F3N4O3. The number of hydrogen-bond acceptors (Lipinski definition) is 4. The lowest BCUT2D eigenvalue weighted by Gasteiger charge is -2.16. The third-order valence-corrected chi connectivity index (χ3v) is 2.91. The van der Waals surface area contributed by atoms with Crippen LogP contribution in [0, 0.1) is 0 Å². The molecule has 0 spiro atoms. The van der Waals surface area contributed by atoms with Crippen LogP contribution in [0.3, 0.4) is 0 Å². The van der Waals surface area contributed by atoms with Crippen LogP contribution in [-0.2, 0) is 11.8 Å². The second kappa shape index (κ2) is 5.62. The molecule has 0 aliphatic carbocycles. The van der Waals surface area contributed by atoms with Gasteiger partial charge in [0.15, 0.2) is 0 Å². The first-order valence-electron chi connectivity index (χ1n) is 6.07. The molecule has 10 heteroatoms. The predicted molar refractivity (Wildman–Crippen MR) is 68.1 cm³/mol. The summed E-state index contributed by atoms with van der Waals surface area (Å²) in [6.45, 7) is 0. The summed E-state index contributed by atoms with van der Waals surface area (Å²) in [6.07, 6.45) is -6.35. The number of carboxylic acid groups (broad SMARTS) is 1. The van der Waals surface area contributed by atoms with Gasteiger partial charge in [-0.3, -0.25) is 4.79 Å². The fraction of sp³-hybridized carbons (Fsp3) is 0.333. The Morgan fingerprint density at radius 1 is 1.41 bits per heavy atom. The number of nitrogens with zero attached hydrogens (tertiary/aromatic N) is 3. The molecule has 1 unspecified atom stereocenters. The molecule has 2 N–H and O–H groups in total. The van der Waals surface area contributed by atoms with E-state index < -0.39 is 30.5 Å². The number of fused-ring (bicyclic) bond motifs is 1. The van der Waals surface area contributed by atoms with Crippen LogP contribution in [-0.4, -0.2) is 44.2 Å². The van der Waals surface area contributed by atoms with E-state index in [0.717, 1.165) is 0 Å². The predicted octanol–water partition coefficient (Wildman–Crippen LogP) is 1.10. The SMILES string of the molecule is Cn1nnc2cc(C(=O)NC(CC(F)(F)F)C(=O)O)ccc21. The second-order valence-corrected chi connectivity index (χ2v) is 4.60. The number of alkyl halides is 3. The van der Waals surface area contributed by atoms with Crippen molar-refractivity contribution in [3.63, 3.8) is 0 Å². The van der Waals surface area contributed by atoms with Crippen molar-refractivity contribution in [1.29, 1.82) is 0 Å². The van der Waals surface area contributed by atoms with Crippen molar-refractivity contribution in [3.05, 3.63) is 23.8 Å². The van der Waals surface area contributed by atoms with Crippen molar-refractivity contribution in [2.45, 2.75) is 18.6 Å². The number of hydrogen-bond donors (Lipinski definition) is 2. The quantitative estimate of drug-likeness (QED) is 0.880. The first kappa shape index (κ1) is 15.7. The van der Waals surface area contributed by atoms with Gasteiger partial charge in [0.25, 0.3) is 5.91 Å². The smallest absolute Gasteiger partial charge is 0.391 e. The van der Waals surface area contributed by atoms with E-state index in [0.29, 0.717) is 11.0 Å². The Bertz CT molecular complexity index is 726. The highest BCUT2D eigenvalue weighted by molar-refractivity contribution is 5.99. The second-order valence-electron chi connectivity index (χ2n) is 4.60. The summed E-state index contributed by atoms with van der Waals surface area (Å²) < 4.78 is 38.3. The molecule has 0 radical (unpaired) electrons. The molecule has 118 valence electrons. The summed E-state index contributed by atoms with van der Waals surface area (Å²) in [4.78, 5) is 22.7. The van der Waals surface area contributed by atoms with Gasteiger partial charge in [0.1, 0.15) is 11.6 Å². The standard InChI is InChI=1S/C12H11F3N4O3/c1-19-9-3-2-6(4-7(9)17-18-19)10(20)16-8(11(21)22)5-12(13,14)15/h2-4,8H,5H2,1H3,(H,16,20)(H,21,22). The van der Waals surface area contributed by atoms with E-state index in [1.54, 1.807) is 7.05 Å². The first-order valence-corrected chi connectivity index (χ1v) is 6.07. The van der Waals surface area contributed by atoms with Crippen molar-refractivity contribution in [2.75, 3.05) is 0 Å². The number of aromatic nitrogens is 3. The number of carbonyl (C=O) groups excluding carboxylic acids is 1. The highest BCUT2D eigenvalue weighted by atomic mass is 19.4. The van der Waals surface area contributed by atoms with Gasteiger partial charge in [-0.25, -0.2) is 9.48 Å². The lowest BCUT2D eigenvalue weighted by Crippen LogP contribution is -2.43. The number of benzene rings is 1. The molecule has 2 aromatic rings. The fourth-order valence-corrected chi connectivity index (χ4v) is 1.85. The third-order valence-electron chi connectivity index (χ3n) is 2.91. The van der Waals surface area contributed by atoms with Crippen molar-refractivity contribution < 1.29 is 27.9 Å². The van der Waals surface area contributed by atoms with E-state index in [9.17, 15) is 22.8 Å². The number of halogens is 3. The summed E-state index contributed by atoms with van der Waals surface area (Å²) in [5, 5.41) is 18.1. The average Bonchev–Trinajstić information content (AvgIpc) is 2.77. The van der Waals surface area contributed by atoms with Crippen LogP contribution in [0.4, 0.5) is 13.2 Å². The maximum Gasteiger partial charge on any atom is 0.391 e. The van der Waals surface area contributed by atoms with Crippen LogP contribution in [0.2, 0.25) is 0 Å². The molecule has 22 heavy (non-hydrogen) atoms. The molecule has 1 aromatic carbocycles. The molecule has 0 aliphatic heterocycles. The van der Waals surface area contributed by atoms with Gasteiger partial charge in [0.2, 0.25) is 0 Å². The number of carboxylic acids is 1. The summed E-state index contributed by atoms with van der Waals surface area (Å²) in [5.74, 6) is -2.68. The summed E-state index contributed by atoms with van der Waals surface area (Å²) in [6, 6.07) is 2.15. The highest BCUT2D eigenvalue weighted by Gasteiger charge is 2.36. The van der Waals surface area contributed by atoms with Gasteiger partial charge in [-0.15, -0.1) is 5.10 Å². The highest BCUT2D eigenvalue weighted by Crippen LogP contribution is 2.22. The molecular weight excluding hydrogens is 305 g/mol. The number of aliphatic carboxylic acids is 1. The summed E-state index contributed by atoms with van der Waals surface area (Å²) in [5.41, 5.74) is 1.00. The number of aryl methyl sites for hydroxylation is 1. The van der Waals surface area contributed by atoms with E-state index >= 15 is 0 Å². The van der Waals surface area contributed by atoms with E-state index in [-0.39, 0.29) is 5.56 Å². The van der Waals surface area contributed by atoms with Crippen LogP contribution in [0.25, 0.3) is 11.0 Å². The topological polar surface area (TPSA) is 97.1 Å². The maximum atomic E-state index is 12.3. The van der Waals surface area contributed by atoms with Crippen molar-refractivity contribution in [1.82, 2.24) is 20.3 Å². The van der Waals surface area contributed by atoms with Gasteiger partial charge >= 0.3 is 12.1 Å². The number of rotatable bonds is 4.